The van der Waals surface area contributed by atoms with Crippen molar-refractivity contribution in [2.45, 2.75) is 71.6 Å². The number of aliphatic carboxylic acids is 1. The van der Waals surface area contributed by atoms with Gasteiger partial charge in [-0.2, -0.15) is 0 Å². The smallest absolute Gasteiger partial charge is 0.305 e. The Kier molecular flexibility index (Phi) is 11.9. The summed E-state index contributed by atoms with van der Waals surface area (Å²) < 4.78 is 10.8. The molecule has 0 aromatic rings. The maximum absolute atomic E-state index is 11.8. The fourth-order valence-electron chi connectivity index (χ4n) is 2.03. The second kappa shape index (κ2) is 12.6. The molecule has 21 heavy (non-hydrogen) atoms. The molecule has 1 atom stereocenters. The van der Waals surface area contributed by atoms with Crippen molar-refractivity contribution in [3.8, 4) is 0 Å². The van der Waals surface area contributed by atoms with Gasteiger partial charge in [0.1, 0.15) is 0 Å². The number of carbonyl (C=O) groups is 2. The lowest BCUT2D eigenvalue weighted by Crippen LogP contribution is -2.40. The van der Waals surface area contributed by atoms with Crippen molar-refractivity contribution in [3.63, 3.8) is 0 Å². The lowest BCUT2D eigenvalue weighted by Gasteiger charge is -2.23. The maximum Gasteiger partial charge on any atom is 0.305 e. The van der Waals surface area contributed by atoms with Crippen LogP contribution in [0.25, 0.3) is 0 Å². The lowest BCUT2D eigenvalue weighted by molar-refractivity contribution is -0.148. The van der Waals surface area contributed by atoms with Gasteiger partial charge in [-0.15, -0.1) is 0 Å². The van der Waals surface area contributed by atoms with Crippen LogP contribution in [0.5, 0.6) is 0 Å². The second-order valence-corrected chi connectivity index (χ2v) is 4.90. The predicted molar refractivity (Wildman–Crippen MR) is 80.0 cm³/mol. The van der Waals surface area contributed by atoms with Crippen LogP contribution in [-0.2, 0) is 19.1 Å². The van der Waals surface area contributed by atoms with Gasteiger partial charge in [0.2, 0.25) is 5.91 Å². The summed E-state index contributed by atoms with van der Waals surface area (Å²) >= 11 is 0. The number of carboxylic acid groups (broad SMARTS) is 1. The van der Waals surface area contributed by atoms with Gasteiger partial charge in [-0.3, -0.25) is 9.59 Å². The molecule has 0 rings (SSSR count). The normalized spacial score (nSPS) is 12.4. The number of nitrogens with one attached hydrogen (secondary N) is 1. The van der Waals surface area contributed by atoms with Gasteiger partial charge in [0.05, 0.1) is 6.42 Å². The van der Waals surface area contributed by atoms with E-state index in [1.54, 1.807) is 0 Å². The molecule has 0 saturated heterocycles. The van der Waals surface area contributed by atoms with Gasteiger partial charge in [0.15, 0.2) is 6.29 Å². The first-order valence-electron chi connectivity index (χ1n) is 7.77. The molecule has 0 aliphatic rings. The zero-order valence-electron chi connectivity index (χ0n) is 13.4. The van der Waals surface area contributed by atoms with Crippen LogP contribution in [0, 0.1) is 0 Å². The second-order valence-electron chi connectivity index (χ2n) is 4.90. The number of hydrogen-bond donors (Lipinski definition) is 2. The largest absolute Gasteiger partial charge is 0.481 e. The number of carboxylic acids is 1. The SMILES string of the molecule is CCCCCC(=O)NC(CC(=O)O)CC(OCC)OCC. The lowest BCUT2D eigenvalue weighted by atomic mass is 10.1. The maximum atomic E-state index is 11.8. The van der Waals surface area contributed by atoms with Crippen LogP contribution in [0.3, 0.4) is 0 Å². The van der Waals surface area contributed by atoms with Crippen molar-refractivity contribution in [1.82, 2.24) is 5.32 Å². The van der Waals surface area contributed by atoms with Crippen LogP contribution < -0.4 is 5.32 Å². The average molecular weight is 303 g/mol. The molecule has 0 aliphatic carbocycles. The molecule has 0 aromatic heterocycles. The number of carbonyl (C=O) groups excluding carboxylic acids is 1. The van der Waals surface area contributed by atoms with Crippen molar-refractivity contribution in [2.75, 3.05) is 13.2 Å². The highest BCUT2D eigenvalue weighted by Gasteiger charge is 2.21. The first kappa shape index (κ1) is 19.9. The molecule has 6 nitrogen and oxygen atoms in total. The highest BCUT2D eigenvalue weighted by atomic mass is 16.7. The third-order valence-electron chi connectivity index (χ3n) is 2.98. The van der Waals surface area contributed by atoms with Crippen LogP contribution >= 0.6 is 0 Å². The first-order valence-corrected chi connectivity index (χ1v) is 7.77. The molecule has 0 heterocycles. The summed E-state index contributed by atoms with van der Waals surface area (Å²) in [5.74, 6) is -1.05. The summed E-state index contributed by atoms with van der Waals surface area (Å²) in [6, 6.07) is -0.472. The van der Waals surface area contributed by atoms with E-state index in [0.717, 1.165) is 19.3 Å². The van der Waals surface area contributed by atoms with Crippen molar-refractivity contribution < 1.29 is 24.2 Å². The highest BCUT2D eigenvalue weighted by molar-refractivity contribution is 5.77. The molecule has 0 aliphatic heterocycles. The Balaban J connectivity index is 4.40. The minimum atomic E-state index is -0.944. The highest BCUT2D eigenvalue weighted by Crippen LogP contribution is 2.09. The molecule has 0 aromatic carbocycles. The van der Waals surface area contributed by atoms with Crippen molar-refractivity contribution >= 4 is 11.9 Å². The summed E-state index contributed by atoms with van der Waals surface area (Å²) in [7, 11) is 0. The Morgan fingerprint density at radius 3 is 2.19 bits per heavy atom. The van der Waals surface area contributed by atoms with Crippen molar-refractivity contribution in [1.29, 1.82) is 0 Å². The molecule has 0 radical (unpaired) electrons. The van der Waals surface area contributed by atoms with Gasteiger partial charge in [-0.1, -0.05) is 19.8 Å². The number of unbranched alkanes of at least 4 members (excludes halogenated alkanes) is 2. The average Bonchev–Trinajstić information content (AvgIpc) is 2.38. The molecule has 0 fully saturated rings. The minimum absolute atomic E-state index is 0.110. The third-order valence-corrected chi connectivity index (χ3v) is 2.98. The van der Waals surface area contributed by atoms with Crippen molar-refractivity contribution in [2.24, 2.45) is 0 Å². The fourth-order valence-corrected chi connectivity index (χ4v) is 2.03. The minimum Gasteiger partial charge on any atom is -0.481 e. The van der Waals surface area contributed by atoms with E-state index in [2.05, 4.69) is 12.2 Å². The Bertz CT molecular complexity index is 290. The summed E-state index contributed by atoms with van der Waals surface area (Å²) in [5, 5.41) is 11.7. The van der Waals surface area contributed by atoms with Crippen LogP contribution in [0.1, 0.15) is 59.3 Å². The number of ether oxygens (including phenoxy) is 2. The van der Waals surface area contributed by atoms with Gasteiger partial charge in [-0.25, -0.2) is 0 Å². The van der Waals surface area contributed by atoms with Gasteiger partial charge in [-0.05, 0) is 20.3 Å². The quantitative estimate of drug-likeness (QED) is 0.403. The molecular weight excluding hydrogens is 274 g/mol. The molecule has 0 spiro atoms. The van der Waals surface area contributed by atoms with E-state index >= 15 is 0 Å². The third kappa shape index (κ3) is 11.2. The first-order chi connectivity index (χ1) is 10.0. The molecular formula is C15H29NO5. The Labute approximate surface area is 127 Å². The fraction of sp³-hybridized carbons (Fsp3) is 0.867. The summed E-state index contributed by atoms with van der Waals surface area (Å²) in [6.45, 7) is 6.73. The molecule has 2 N–H and O–H groups in total. The van der Waals surface area contributed by atoms with E-state index in [4.69, 9.17) is 14.6 Å². The van der Waals surface area contributed by atoms with Crippen LogP contribution in [0.2, 0.25) is 0 Å². The summed E-state index contributed by atoms with van der Waals surface area (Å²) in [5.41, 5.74) is 0. The predicted octanol–water partition coefficient (Wildman–Crippen LogP) is 2.32. The molecule has 1 unspecified atom stereocenters. The Morgan fingerprint density at radius 2 is 1.71 bits per heavy atom. The summed E-state index contributed by atoms with van der Waals surface area (Å²) in [4.78, 5) is 22.7. The standard InChI is InChI=1S/C15H29NO5/c1-4-7-8-9-13(17)16-12(10-14(18)19)11-15(20-5-2)21-6-3/h12,15H,4-11H2,1-3H3,(H,16,17)(H,18,19). The van der Waals surface area contributed by atoms with E-state index < -0.39 is 18.3 Å². The van der Waals surface area contributed by atoms with Crippen LogP contribution in [-0.4, -0.2) is 42.5 Å². The molecule has 124 valence electrons. The molecule has 0 bridgehead atoms. The van der Waals surface area contributed by atoms with E-state index in [9.17, 15) is 9.59 Å². The molecule has 1 amide bonds. The van der Waals surface area contributed by atoms with E-state index in [1.807, 2.05) is 13.8 Å². The van der Waals surface area contributed by atoms with Gasteiger partial charge in [0.25, 0.3) is 0 Å². The van der Waals surface area contributed by atoms with Gasteiger partial charge >= 0.3 is 5.97 Å². The van der Waals surface area contributed by atoms with Gasteiger partial charge < -0.3 is 19.9 Å². The van der Waals surface area contributed by atoms with Crippen molar-refractivity contribution in [3.05, 3.63) is 0 Å². The Hall–Kier alpha value is -1.14. The zero-order valence-corrected chi connectivity index (χ0v) is 13.4. The molecule has 6 heteroatoms. The zero-order chi connectivity index (χ0) is 16.1. The van der Waals surface area contributed by atoms with E-state index in [-0.39, 0.29) is 12.3 Å². The molecule has 0 saturated carbocycles. The van der Waals surface area contributed by atoms with E-state index in [1.165, 1.54) is 0 Å². The van der Waals surface area contributed by atoms with E-state index in [0.29, 0.717) is 26.1 Å². The summed E-state index contributed by atoms with van der Waals surface area (Å²) in [6.07, 6.45) is 3.02. The van der Waals surface area contributed by atoms with Crippen LogP contribution in [0.4, 0.5) is 0 Å². The number of amides is 1. The topological polar surface area (TPSA) is 84.9 Å². The number of rotatable bonds is 13. The monoisotopic (exact) mass is 303 g/mol. The Morgan fingerprint density at radius 1 is 1.10 bits per heavy atom. The van der Waals surface area contributed by atoms with Gasteiger partial charge in [0, 0.05) is 32.1 Å². The van der Waals surface area contributed by atoms with Crippen LogP contribution in [0.15, 0.2) is 0 Å². The number of hydrogen-bond acceptors (Lipinski definition) is 4.